The summed E-state index contributed by atoms with van der Waals surface area (Å²) in [5.41, 5.74) is 0.919. The Labute approximate surface area is 115 Å². The average molecular weight is 286 g/mol. The van der Waals surface area contributed by atoms with Gasteiger partial charge in [-0.1, -0.05) is 12.1 Å². The summed E-state index contributed by atoms with van der Waals surface area (Å²) in [6, 6.07) is 6.42. The summed E-state index contributed by atoms with van der Waals surface area (Å²) in [6.45, 7) is 2.53. The molecule has 0 fully saturated rings. The highest BCUT2D eigenvalue weighted by Gasteiger charge is 2.17. The van der Waals surface area contributed by atoms with Crippen molar-refractivity contribution in [1.82, 2.24) is 9.62 Å². The lowest BCUT2D eigenvalue weighted by molar-refractivity contribution is 0.299. The van der Waals surface area contributed by atoms with E-state index in [1.54, 1.807) is 24.3 Å². The van der Waals surface area contributed by atoms with E-state index >= 15 is 0 Å². The van der Waals surface area contributed by atoms with Gasteiger partial charge in [-0.2, -0.15) is 0 Å². The van der Waals surface area contributed by atoms with Gasteiger partial charge in [-0.15, -0.1) is 0 Å². The molecule has 1 atom stereocenters. The van der Waals surface area contributed by atoms with Crippen molar-refractivity contribution in [2.45, 2.75) is 24.3 Å². The van der Waals surface area contributed by atoms with E-state index in [0.29, 0.717) is 13.0 Å². The Morgan fingerprint density at radius 1 is 1.26 bits per heavy atom. The summed E-state index contributed by atoms with van der Waals surface area (Å²) in [6.07, 6.45) is 0.533. The van der Waals surface area contributed by atoms with Gasteiger partial charge < -0.3 is 10.0 Å². The van der Waals surface area contributed by atoms with Gasteiger partial charge in [0.2, 0.25) is 10.0 Å². The van der Waals surface area contributed by atoms with Crippen LogP contribution in [-0.4, -0.2) is 51.7 Å². The second kappa shape index (κ2) is 7.00. The van der Waals surface area contributed by atoms with Gasteiger partial charge in [0.15, 0.2) is 0 Å². The van der Waals surface area contributed by atoms with Crippen LogP contribution in [0.5, 0.6) is 0 Å². The molecule has 5 nitrogen and oxygen atoms in total. The van der Waals surface area contributed by atoms with Crippen molar-refractivity contribution in [3.05, 3.63) is 29.8 Å². The molecule has 1 aromatic carbocycles. The largest absolute Gasteiger partial charge is 0.396 e. The lowest BCUT2D eigenvalue weighted by Crippen LogP contribution is -2.39. The van der Waals surface area contributed by atoms with Crippen LogP contribution in [0.2, 0.25) is 0 Å². The number of rotatable bonds is 7. The van der Waals surface area contributed by atoms with E-state index < -0.39 is 10.0 Å². The highest BCUT2D eigenvalue weighted by molar-refractivity contribution is 7.89. The van der Waals surface area contributed by atoms with Gasteiger partial charge >= 0.3 is 0 Å². The van der Waals surface area contributed by atoms with Crippen LogP contribution in [0.25, 0.3) is 0 Å². The van der Waals surface area contributed by atoms with E-state index in [2.05, 4.69) is 4.72 Å². The summed E-state index contributed by atoms with van der Waals surface area (Å²) >= 11 is 0. The maximum Gasteiger partial charge on any atom is 0.240 e. The number of hydrogen-bond donors (Lipinski definition) is 2. The van der Waals surface area contributed by atoms with Crippen molar-refractivity contribution in [1.29, 1.82) is 0 Å². The van der Waals surface area contributed by atoms with Gasteiger partial charge in [-0.05, 0) is 45.1 Å². The molecule has 1 rings (SSSR count). The number of aliphatic hydroxyl groups is 1. The summed E-state index contributed by atoms with van der Waals surface area (Å²) in [4.78, 5) is 2.18. The molecule has 0 aliphatic carbocycles. The second-order valence-corrected chi connectivity index (χ2v) is 6.62. The molecule has 0 spiro atoms. The molecule has 0 aromatic heterocycles. The minimum absolute atomic E-state index is 0.0597. The van der Waals surface area contributed by atoms with Gasteiger partial charge in [0.1, 0.15) is 0 Å². The van der Waals surface area contributed by atoms with E-state index in [0.717, 1.165) is 5.56 Å². The fourth-order valence-corrected chi connectivity index (χ4v) is 3.12. The first kappa shape index (κ1) is 16.1. The summed E-state index contributed by atoms with van der Waals surface area (Å²) < 4.78 is 26.9. The number of sulfonamides is 1. The predicted molar refractivity (Wildman–Crippen MR) is 75.6 cm³/mol. The summed E-state index contributed by atoms with van der Waals surface area (Å²) in [5.74, 6) is 0. The van der Waals surface area contributed by atoms with Crippen molar-refractivity contribution in [3.8, 4) is 0 Å². The highest BCUT2D eigenvalue weighted by Crippen LogP contribution is 2.11. The predicted octanol–water partition coefficient (Wildman–Crippen LogP) is 0.450. The second-order valence-electron chi connectivity index (χ2n) is 4.90. The van der Waals surface area contributed by atoms with E-state index in [4.69, 9.17) is 5.11 Å². The van der Waals surface area contributed by atoms with Crippen LogP contribution in [0.3, 0.4) is 0 Å². The molecule has 108 valence electrons. The monoisotopic (exact) mass is 286 g/mol. The fraction of sp³-hybridized carbons (Fsp3) is 0.538. The first-order valence-electron chi connectivity index (χ1n) is 6.22. The molecule has 0 aliphatic rings. The van der Waals surface area contributed by atoms with E-state index in [1.807, 2.05) is 25.9 Å². The molecule has 0 heterocycles. The lowest BCUT2D eigenvalue weighted by atomic mass is 10.2. The highest BCUT2D eigenvalue weighted by atomic mass is 32.2. The molecule has 0 saturated heterocycles. The van der Waals surface area contributed by atoms with Crippen molar-refractivity contribution < 1.29 is 13.5 Å². The van der Waals surface area contributed by atoms with Gasteiger partial charge in [0.25, 0.3) is 0 Å². The van der Waals surface area contributed by atoms with Gasteiger partial charge in [0.05, 0.1) is 4.90 Å². The quantitative estimate of drug-likeness (QED) is 0.763. The third kappa shape index (κ3) is 5.28. The van der Waals surface area contributed by atoms with E-state index in [1.165, 1.54) is 0 Å². The molecule has 0 radical (unpaired) electrons. The molecular formula is C13H22N2O3S. The van der Waals surface area contributed by atoms with Crippen LogP contribution < -0.4 is 4.72 Å². The van der Waals surface area contributed by atoms with Crippen LogP contribution in [0, 0.1) is 0 Å². The molecule has 0 saturated carbocycles. The molecule has 0 aliphatic heterocycles. The number of aliphatic hydroxyl groups excluding tert-OH is 1. The van der Waals surface area contributed by atoms with Crippen LogP contribution in [0.4, 0.5) is 0 Å². The standard InChI is InChI=1S/C13H22N2O3S/c1-11(10-15(2)3)14-19(17,18)13-6-4-12(5-7-13)8-9-16/h4-7,11,14,16H,8-10H2,1-3H3. The third-order valence-electron chi connectivity index (χ3n) is 2.63. The maximum absolute atomic E-state index is 12.1. The molecule has 0 amide bonds. The zero-order chi connectivity index (χ0) is 14.5. The van der Waals surface area contributed by atoms with Crippen molar-refractivity contribution >= 4 is 10.0 Å². The molecular weight excluding hydrogens is 264 g/mol. The minimum Gasteiger partial charge on any atom is -0.396 e. The fourth-order valence-electron chi connectivity index (χ4n) is 1.88. The Morgan fingerprint density at radius 2 is 1.84 bits per heavy atom. The Bertz CT molecular complexity index is 483. The van der Waals surface area contributed by atoms with Crippen molar-refractivity contribution in [2.75, 3.05) is 27.2 Å². The van der Waals surface area contributed by atoms with E-state index in [-0.39, 0.29) is 17.5 Å². The smallest absolute Gasteiger partial charge is 0.240 e. The van der Waals surface area contributed by atoms with Gasteiger partial charge in [-0.25, -0.2) is 13.1 Å². The summed E-state index contributed by atoms with van der Waals surface area (Å²) in [7, 11) is 0.319. The maximum atomic E-state index is 12.1. The number of benzene rings is 1. The molecule has 6 heteroatoms. The van der Waals surface area contributed by atoms with Gasteiger partial charge in [0, 0.05) is 19.2 Å². The molecule has 19 heavy (non-hydrogen) atoms. The Hall–Kier alpha value is -0.950. The first-order chi connectivity index (χ1) is 8.85. The number of nitrogens with zero attached hydrogens (tertiary/aromatic N) is 1. The first-order valence-corrected chi connectivity index (χ1v) is 7.70. The molecule has 0 bridgehead atoms. The topological polar surface area (TPSA) is 69.6 Å². The number of nitrogens with one attached hydrogen (secondary N) is 1. The van der Waals surface area contributed by atoms with Crippen LogP contribution in [-0.2, 0) is 16.4 Å². The van der Waals surface area contributed by atoms with Gasteiger partial charge in [-0.3, -0.25) is 0 Å². The van der Waals surface area contributed by atoms with Crippen LogP contribution in [0.1, 0.15) is 12.5 Å². The third-order valence-corrected chi connectivity index (χ3v) is 4.23. The Morgan fingerprint density at radius 3 is 2.32 bits per heavy atom. The van der Waals surface area contributed by atoms with Crippen molar-refractivity contribution in [3.63, 3.8) is 0 Å². The molecule has 2 N–H and O–H groups in total. The Balaban J connectivity index is 2.76. The SMILES string of the molecule is CC(CN(C)C)NS(=O)(=O)c1ccc(CCO)cc1. The minimum atomic E-state index is -3.48. The average Bonchev–Trinajstić information content (AvgIpc) is 2.28. The Kier molecular flexibility index (Phi) is 5.93. The van der Waals surface area contributed by atoms with Crippen molar-refractivity contribution in [2.24, 2.45) is 0 Å². The van der Waals surface area contributed by atoms with E-state index in [9.17, 15) is 8.42 Å². The van der Waals surface area contributed by atoms with Crippen LogP contribution >= 0.6 is 0 Å². The summed E-state index contributed by atoms with van der Waals surface area (Å²) in [5, 5.41) is 8.82. The number of likely N-dealkylation sites (N-methyl/N-ethyl adjacent to an activating group) is 1. The zero-order valence-electron chi connectivity index (χ0n) is 11.6. The zero-order valence-corrected chi connectivity index (χ0v) is 12.4. The molecule has 1 aromatic rings. The normalized spacial score (nSPS) is 13.7. The lowest BCUT2D eigenvalue weighted by Gasteiger charge is -2.18. The molecule has 1 unspecified atom stereocenters. The van der Waals surface area contributed by atoms with Crippen LogP contribution in [0.15, 0.2) is 29.2 Å². The number of hydrogen-bond acceptors (Lipinski definition) is 4.